The molecule has 2 N–H and O–H groups in total. The van der Waals surface area contributed by atoms with Gasteiger partial charge in [-0.25, -0.2) is 0 Å². The Bertz CT molecular complexity index is 1020. The highest BCUT2D eigenvalue weighted by atomic mass is 35.5. The van der Waals surface area contributed by atoms with E-state index in [0.717, 1.165) is 31.5 Å². The van der Waals surface area contributed by atoms with Crippen molar-refractivity contribution in [3.05, 3.63) is 64.7 Å². The molecule has 0 spiro atoms. The van der Waals surface area contributed by atoms with Crippen molar-refractivity contribution < 1.29 is 14.7 Å². The van der Waals surface area contributed by atoms with E-state index in [0.29, 0.717) is 28.4 Å². The molecule has 1 heterocycles. The first kappa shape index (κ1) is 24.9. The Morgan fingerprint density at radius 2 is 1.94 bits per heavy atom. The number of amides is 1. The van der Waals surface area contributed by atoms with Crippen LogP contribution in [0.1, 0.15) is 57.6 Å². The fourth-order valence-electron chi connectivity index (χ4n) is 4.42. The van der Waals surface area contributed by atoms with Gasteiger partial charge in [0, 0.05) is 16.1 Å². The molecule has 0 bridgehead atoms. The van der Waals surface area contributed by atoms with E-state index in [-0.39, 0.29) is 12.3 Å². The predicted octanol–water partition coefficient (Wildman–Crippen LogP) is 5.24. The summed E-state index contributed by atoms with van der Waals surface area (Å²) < 4.78 is 0. The van der Waals surface area contributed by atoms with Gasteiger partial charge in [0.15, 0.2) is 0 Å². The number of halogens is 1. The van der Waals surface area contributed by atoms with Crippen molar-refractivity contribution >= 4 is 34.9 Å². The number of carboxylic acid groups (broad SMARTS) is 1. The van der Waals surface area contributed by atoms with Gasteiger partial charge in [-0.15, -0.1) is 0 Å². The monoisotopic (exact) mass is 469 g/mol. The minimum Gasteiger partial charge on any atom is -0.481 e. The Morgan fingerprint density at radius 3 is 2.58 bits per heavy atom. The number of benzene rings is 2. The lowest BCUT2D eigenvalue weighted by atomic mass is 9.96. The number of carbonyl (C=O) groups is 2. The summed E-state index contributed by atoms with van der Waals surface area (Å²) in [5.74, 6) is -0.957. The van der Waals surface area contributed by atoms with Gasteiger partial charge in [-0.1, -0.05) is 55.8 Å². The summed E-state index contributed by atoms with van der Waals surface area (Å²) in [4.78, 5) is 31.8. The highest BCUT2D eigenvalue weighted by Gasteiger charge is 2.42. The third-order valence-corrected chi connectivity index (χ3v) is 6.62. The molecule has 1 saturated heterocycles. The molecule has 0 unspecified atom stereocenters. The van der Waals surface area contributed by atoms with Crippen LogP contribution in [0.4, 0.5) is 5.69 Å². The molecule has 1 aliphatic rings. The van der Waals surface area contributed by atoms with Crippen LogP contribution < -0.4 is 5.32 Å². The molecular formula is C26H32ClN3O3. The number of aliphatic carboxylic acids is 1. The van der Waals surface area contributed by atoms with E-state index in [2.05, 4.69) is 17.1 Å². The first-order valence-corrected chi connectivity index (χ1v) is 11.9. The maximum absolute atomic E-state index is 13.4. The number of nitrogens with one attached hydrogen (secondary N) is 1. The number of rotatable bonds is 9. The number of likely N-dealkylation sites (N-methyl/N-ethyl adjacent to an activating group) is 1. The summed E-state index contributed by atoms with van der Waals surface area (Å²) in [6, 6.07) is 14.5. The quantitative estimate of drug-likeness (QED) is 0.492. The van der Waals surface area contributed by atoms with Crippen LogP contribution >= 0.6 is 11.6 Å². The van der Waals surface area contributed by atoms with Gasteiger partial charge in [-0.2, -0.15) is 0 Å². The Balaban J connectivity index is 2.07. The Morgan fingerprint density at radius 1 is 1.21 bits per heavy atom. The molecule has 2 aromatic rings. The van der Waals surface area contributed by atoms with Gasteiger partial charge in [0.2, 0.25) is 5.91 Å². The molecule has 0 saturated carbocycles. The van der Waals surface area contributed by atoms with Crippen LogP contribution in [0.25, 0.3) is 0 Å². The zero-order chi connectivity index (χ0) is 24.0. The first-order chi connectivity index (χ1) is 15.8. The molecule has 33 heavy (non-hydrogen) atoms. The second-order valence-corrected chi connectivity index (χ2v) is 9.04. The Hall–Kier alpha value is -2.70. The van der Waals surface area contributed by atoms with Gasteiger partial charge in [0.25, 0.3) is 0 Å². The van der Waals surface area contributed by atoms with Crippen LogP contribution in [-0.4, -0.2) is 52.3 Å². The number of carboxylic acids is 1. The third-order valence-electron chi connectivity index (χ3n) is 6.39. The van der Waals surface area contributed by atoms with Crippen LogP contribution in [0.2, 0.25) is 5.02 Å². The molecule has 1 aliphatic heterocycles. The molecule has 1 fully saturated rings. The van der Waals surface area contributed by atoms with Crippen LogP contribution in [-0.2, 0) is 9.59 Å². The fraction of sp³-hybridized carbons (Fsp3) is 0.423. The second-order valence-electron chi connectivity index (χ2n) is 8.60. The molecule has 2 atom stereocenters. The maximum atomic E-state index is 13.4. The van der Waals surface area contributed by atoms with Crippen molar-refractivity contribution in [1.82, 2.24) is 4.90 Å². The third kappa shape index (κ3) is 5.81. The minimum atomic E-state index is -0.897. The fourth-order valence-corrected chi connectivity index (χ4v) is 4.59. The molecule has 176 valence electrons. The molecule has 0 aliphatic carbocycles. The van der Waals surface area contributed by atoms with Gasteiger partial charge < -0.3 is 10.4 Å². The summed E-state index contributed by atoms with van der Waals surface area (Å²) in [6.07, 6.45) is 2.29. The second kappa shape index (κ2) is 10.9. The van der Waals surface area contributed by atoms with Crippen LogP contribution in [0.3, 0.4) is 0 Å². The molecule has 2 aromatic carbocycles. The molecular weight excluding hydrogens is 438 g/mol. The van der Waals surface area contributed by atoms with Crippen molar-refractivity contribution in [3.8, 4) is 0 Å². The van der Waals surface area contributed by atoms with E-state index in [1.807, 2.05) is 44.2 Å². The summed E-state index contributed by atoms with van der Waals surface area (Å²) >= 11 is 6.37. The van der Waals surface area contributed by atoms with Crippen molar-refractivity contribution in [3.63, 3.8) is 0 Å². The average molecular weight is 470 g/mol. The van der Waals surface area contributed by atoms with Crippen LogP contribution in [0, 0.1) is 0 Å². The van der Waals surface area contributed by atoms with E-state index in [1.54, 1.807) is 18.2 Å². The van der Waals surface area contributed by atoms with Crippen LogP contribution in [0.15, 0.2) is 53.5 Å². The SMILES string of the molecule is CC[C@H](CC(=O)O)N=C(c1ccccc1)c1cc(Cl)ccc1NC(=O)[C@@]1(C)CCCN1CC. The zero-order valence-electron chi connectivity index (χ0n) is 19.5. The molecule has 6 nitrogen and oxygen atoms in total. The number of hydrogen-bond donors (Lipinski definition) is 2. The van der Waals surface area contributed by atoms with E-state index in [9.17, 15) is 14.7 Å². The van der Waals surface area contributed by atoms with Gasteiger partial charge in [-0.05, 0) is 57.5 Å². The van der Waals surface area contributed by atoms with E-state index >= 15 is 0 Å². The smallest absolute Gasteiger partial charge is 0.305 e. The number of hydrogen-bond acceptors (Lipinski definition) is 4. The average Bonchev–Trinajstić information content (AvgIpc) is 3.20. The van der Waals surface area contributed by atoms with Crippen molar-refractivity contribution in [2.45, 2.75) is 58.0 Å². The number of nitrogens with zero attached hydrogens (tertiary/aromatic N) is 2. The van der Waals surface area contributed by atoms with Gasteiger partial charge >= 0.3 is 5.97 Å². The molecule has 0 aromatic heterocycles. The van der Waals surface area contributed by atoms with Gasteiger partial charge in [0.1, 0.15) is 0 Å². The standard InChI is InChI=1S/C26H32ClN3O3/c1-4-20(17-23(31)32)28-24(18-10-7-6-8-11-18)21-16-19(27)12-13-22(21)29-25(33)26(3)14-9-15-30(26)5-2/h6-8,10-13,16,20H,4-5,9,14-15,17H2,1-3H3,(H,29,33)(H,31,32)/t20-,26-/m1/s1. The molecule has 3 rings (SSSR count). The lowest BCUT2D eigenvalue weighted by Gasteiger charge is -2.33. The number of likely N-dealkylation sites (tertiary alicyclic amines) is 1. The molecule has 7 heteroatoms. The van der Waals surface area contributed by atoms with E-state index in [1.165, 1.54) is 0 Å². The highest BCUT2D eigenvalue weighted by Crippen LogP contribution is 2.32. The summed E-state index contributed by atoms with van der Waals surface area (Å²) in [5, 5.41) is 13.0. The first-order valence-electron chi connectivity index (χ1n) is 11.5. The van der Waals surface area contributed by atoms with Gasteiger partial charge in [-0.3, -0.25) is 19.5 Å². The highest BCUT2D eigenvalue weighted by molar-refractivity contribution is 6.31. The largest absolute Gasteiger partial charge is 0.481 e. The van der Waals surface area contributed by atoms with Crippen LogP contribution in [0.5, 0.6) is 0 Å². The van der Waals surface area contributed by atoms with Crippen molar-refractivity contribution in [2.75, 3.05) is 18.4 Å². The lowest BCUT2D eigenvalue weighted by molar-refractivity contribution is -0.137. The minimum absolute atomic E-state index is 0.0598. The number of anilines is 1. The normalized spacial score (nSPS) is 19.9. The van der Waals surface area contributed by atoms with Crippen molar-refractivity contribution in [2.24, 2.45) is 4.99 Å². The molecule has 1 amide bonds. The van der Waals surface area contributed by atoms with E-state index < -0.39 is 17.6 Å². The van der Waals surface area contributed by atoms with E-state index in [4.69, 9.17) is 16.6 Å². The number of aliphatic imine (C=N–C) groups is 1. The summed E-state index contributed by atoms with van der Waals surface area (Å²) in [7, 11) is 0. The summed E-state index contributed by atoms with van der Waals surface area (Å²) in [6.45, 7) is 7.68. The summed E-state index contributed by atoms with van der Waals surface area (Å²) in [5.41, 5.74) is 2.16. The topological polar surface area (TPSA) is 82.0 Å². The maximum Gasteiger partial charge on any atom is 0.305 e. The predicted molar refractivity (Wildman–Crippen MR) is 133 cm³/mol. The Labute approximate surface area is 200 Å². The van der Waals surface area contributed by atoms with Crippen molar-refractivity contribution in [1.29, 1.82) is 0 Å². The lowest BCUT2D eigenvalue weighted by Crippen LogP contribution is -2.50. The zero-order valence-corrected chi connectivity index (χ0v) is 20.2. The molecule has 0 radical (unpaired) electrons. The Kier molecular flexibility index (Phi) is 8.27. The van der Waals surface area contributed by atoms with Gasteiger partial charge in [0.05, 0.1) is 29.4 Å². The number of carbonyl (C=O) groups excluding carboxylic acids is 1.